The van der Waals surface area contributed by atoms with Crippen molar-refractivity contribution in [2.75, 3.05) is 12.3 Å². The van der Waals surface area contributed by atoms with Crippen LogP contribution in [0.3, 0.4) is 0 Å². The highest BCUT2D eigenvalue weighted by molar-refractivity contribution is 6.38. The molecular formula is C13H20Cl2N2O. The molecule has 0 fully saturated rings. The number of aliphatic hydroxyl groups is 1. The van der Waals surface area contributed by atoms with Crippen LogP contribution in [0.5, 0.6) is 0 Å². The van der Waals surface area contributed by atoms with Gasteiger partial charge >= 0.3 is 0 Å². The van der Waals surface area contributed by atoms with Crippen molar-refractivity contribution >= 4 is 28.9 Å². The molecule has 1 rings (SSSR count). The van der Waals surface area contributed by atoms with Gasteiger partial charge in [0.05, 0.1) is 21.8 Å². The Morgan fingerprint density at radius 3 is 2.56 bits per heavy atom. The smallest absolute Gasteiger partial charge is 0.0915 e. The number of β-amino-alcohol motifs (C(OH)–C–C–N with tert-alkyl or cyclic N) is 1. The minimum Gasteiger partial charge on any atom is -0.396 e. The van der Waals surface area contributed by atoms with Gasteiger partial charge in [0.2, 0.25) is 0 Å². The van der Waals surface area contributed by atoms with E-state index in [1.165, 1.54) is 26.0 Å². The zero-order valence-corrected chi connectivity index (χ0v) is 11.7. The number of nitrogens with one attached hydrogen (secondary N) is 1. The van der Waals surface area contributed by atoms with E-state index in [0.717, 1.165) is 0 Å². The quantitative estimate of drug-likeness (QED) is 0.730. The molecule has 0 radical (unpaired) electrons. The molecule has 0 saturated carbocycles. The highest BCUT2D eigenvalue weighted by atomic mass is 35.5. The van der Waals surface area contributed by atoms with Gasteiger partial charge in [0, 0.05) is 18.9 Å². The first-order valence-corrected chi connectivity index (χ1v) is 6.14. The van der Waals surface area contributed by atoms with E-state index in [1.807, 2.05) is 0 Å². The SMILES string of the molecule is [2H]C([2H])([2H])C([2H])([2H])C(C)(C)NCC(O)c1cc(Cl)c(N)c(Cl)c1. The average Bonchev–Trinajstić information content (AvgIpc) is 2.40. The zero-order chi connectivity index (χ0) is 18.2. The molecule has 4 N–H and O–H groups in total. The molecule has 1 aromatic carbocycles. The van der Waals surface area contributed by atoms with Gasteiger partial charge in [-0.25, -0.2) is 0 Å². The van der Waals surface area contributed by atoms with Crippen LogP contribution in [0.25, 0.3) is 0 Å². The number of aliphatic hydroxyl groups excluding tert-OH is 1. The van der Waals surface area contributed by atoms with E-state index in [1.54, 1.807) is 0 Å². The maximum absolute atomic E-state index is 10.2. The third-order valence-corrected chi connectivity index (χ3v) is 3.16. The van der Waals surface area contributed by atoms with Gasteiger partial charge in [-0.3, -0.25) is 0 Å². The number of anilines is 1. The van der Waals surface area contributed by atoms with Crippen molar-refractivity contribution in [2.24, 2.45) is 0 Å². The van der Waals surface area contributed by atoms with E-state index in [9.17, 15) is 5.11 Å². The molecule has 0 spiro atoms. The summed E-state index contributed by atoms with van der Waals surface area (Å²) in [5.74, 6) is 0. The van der Waals surface area contributed by atoms with Crippen molar-refractivity contribution in [3.05, 3.63) is 27.7 Å². The fourth-order valence-electron chi connectivity index (χ4n) is 1.31. The predicted molar refractivity (Wildman–Crippen MR) is 78.2 cm³/mol. The monoisotopic (exact) mass is 295 g/mol. The first-order chi connectivity index (χ1) is 10.2. The molecule has 0 saturated heterocycles. The standard InChI is InChI=1S/C13H20Cl2N2O/c1-4-13(2,3)17-7-11(18)8-5-9(14)12(16)10(15)6-8/h5-6,11,17-18H,4,7,16H2,1-3H3/i1D3,4D2. The number of hydrogen-bond donors (Lipinski definition) is 3. The van der Waals surface area contributed by atoms with Crippen LogP contribution in [0.15, 0.2) is 12.1 Å². The van der Waals surface area contributed by atoms with Crippen molar-refractivity contribution < 1.29 is 12.0 Å². The predicted octanol–water partition coefficient (Wildman–Crippen LogP) is 3.39. The molecule has 1 unspecified atom stereocenters. The summed E-state index contributed by atoms with van der Waals surface area (Å²) >= 11 is 11.8. The Bertz CT molecular complexity index is 555. The van der Waals surface area contributed by atoms with Crippen molar-refractivity contribution in [2.45, 2.75) is 38.7 Å². The van der Waals surface area contributed by atoms with Gasteiger partial charge in [-0.05, 0) is 37.9 Å². The molecule has 18 heavy (non-hydrogen) atoms. The fraction of sp³-hybridized carbons (Fsp3) is 0.538. The highest BCUT2D eigenvalue weighted by Gasteiger charge is 2.18. The Kier molecular flexibility index (Phi) is 3.20. The molecule has 1 atom stereocenters. The number of nitrogens with two attached hydrogens (primary N) is 1. The summed E-state index contributed by atoms with van der Waals surface area (Å²) in [6.45, 7) is -0.0362. The van der Waals surface area contributed by atoms with E-state index in [2.05, 4.69) is 5.32 Å². The van der Waals surface area contributed by atoms with Crippen LogP contribution < -0.4 is 11.1 Å². The summed E-state index contributed by atoms with van der Waals surface area (Å²) in [5, 5.41) is 13.4. The Labute approximate surface area is 125 Å². The lowest BCUT2D eigenvalue weighted by molar-refractivity contribution is 0.160. The lowest BCUT2D eigenvalue weighted by atomic mass is 10.0. The summed E-state index contributed by atoms with van der Waals surface area (Å²) in [7, 11) is 0. The molecular weight excluding hydrogens is 271 g/mol. The van der Waals surface area contributed by atoms with Gasteiger partial charge in [-0.2, -0.15) is 0 Å². The largest absolute Gasteiger partial charge is 0.396 e. The first kappa shape index (κ1) is 9.43. The van der Waals surface area contributed by atoms with E-state index in [0.29, 0.717) is 5.56 Å². The lowest BCUT2D eigenvalue weighted by Crippen LogP contribution is -2.40. The Balaban J connectivity index is 2.89. The minimum absolute atomic E-state index is 0.0842. The van der Waals surface area contributed by atoms with Crippen LogP contribution in [0.1, 0.15) is 45.6 Å². The van der Waals surface area contributed by atoms with Crippen molar-refractivity contribution in [3.8, 4) is 0 Å². The fourth-order valence-corrected chi connectivity index (χ4v) is 1.81. The lowest BCUT2D eigenvalue weighted by Gasteiger charge is -2.26. The number of nitrogen functional groups attached to an aromatic ring is 1. The van der Waals surface area contributed by atoms with Gasteiger partial charge in [-0.1, -0.05) is 30.1 Å². The number of halogens is 2. The van der Waals surface area contributed by atoms with Gasteiger partial charge in [0.1, 0.15) is 0 Å². The molecule has 1 aromatic rings. The van der Waals surface area contributed by atoms with Crippen molar-refractivity contribution in [1.29, 1.82) is 0 Å². The molecule has 102 valence electrons. The van der Waals surface area contributed by atoms with Crippen LogP contribution in [0, 0.1) is 0 Å². The van der Waals surface area contributed by atoms with Crippen LogP contribution in [-0.4, -0.2) is 17.2 Å². The van der Waals surface area contributed by atoms with Crippen LogP contribution in [0.2, 0.25) is 10.0 Å². The normalized spacial score (nSPS) is 19.3. The second-order valence-corrected chi connectivity index (χ2v) is 5.36. The number of hydrogen-bond acceptors (Lipinski definition) is 3. The Morgan fingerprint density at radius 2 is 2.06 bits per heavy atom. The van der Waals surface area contributed by atoms with Crippen LogP contribution in [0.4, 0.5) is 5.69 Å². The summed E-state index contributed by atoms with van der Waals surface area (Å²) in [6, 6.07) is 2.92. The maximum atomic E-state index is 10.2. The molecule has 0 amide bonds. The number of benzene rings is 1. The van der Waals surface area contributed by atoms with Gasteiger partial charge in [0.25, 0.3) is 0 Å². The molecule has 0 aliphatic carbocycles. The third-order valence-electron chi connectivity index (χ3n) is 2.54. The van der Waals surface area contributed by atoms with Crippen LogP contribution in [-0.2, 0) is 0 Å². The van der Waals surface area contributed by atoms with E-state index in [-0.39, 0.29) is 22.3 Å². The molecule has 3 nitrogen and oxygen atoms in total. The van der Waals surface area contributed by atoms with E-state index in [4.69, 9.17) is 35.8 Å². The van der Waals surface area contributed by atoms with Gasteiger partial charge < -0.3 is 16.2 Å². The zero-order valence-electron chi connectivity index (χ0n) is 15.2. The molecule has 0 aliphatic rings. The molecule has 0 bridgehead atoms. The van der Waals surface area contributed by atoms with Crippen LogP contribution >= 0.6 is 23.2 Å². The highest BCUT2D eigenvalue weighted by Crippen LogP contribution is 2.31. The summed E-state index contributed by atoms with van der Waals surface area (Å²) in [6.07, 6.45) is -3.55. The van der Waals surface area contributed by atoms with Gasteiger partial charge in [-0.15, -0.1) is 0 Å². The third kappa shape index (κ3) is 4.02. The topological polar surface area (TPSA) is 58.3 Å². The molecule has 0 heterocycles. The molecule has 0 aliphatic heterocycles. The summed E-state index contributed by atoms with van der Waals surface area (Å²) in [4.78, 5) is 0. The maximum Gasteiger partial charge on any atom is 0.0915 e. The summed E-state index contributed by atoms with van der Waals surface area (Å²) in [5.41, 5.74) is 4.82. The Morgan fingerprint density at radius 1 is 1.50 bits per heavy atom. The molecule has 5 heteroatoms. The number of rotatable bonds is 5. The van der Waals surface area contributed by atoms with E-state index < -0.39 is 24.9 Å². The average molecular weight is 296 g/mol. The Hall–Kier alpha value is -0.480. The first-order valence-electron chi connectivity index (χ1n) is 7.88. The van der Waals surface area contributed by atoms with Crippen molar-refractivity contribution in [1.82, 2.24) is 5.32 Å². The second kappa shape index (κ2) is 6.11. The minimum atomic E-state index is -2.80. The second-order valence-electron chi connectivity index (χ2n) is 4.54. The summed E-state index contributed by atoms with van der Waals surface area (Å²) < 4.78 is 37.6. The van der Waals surface area contributed by atoms with Crippen molar-refractivity contribution in [3.63, 3.8) is 0 Å². The molecule has 0 aromatic heterocycles. The van der Waals surface area contributed by atoms with Gasteiger partial charge in [0.15, 0.2) is 0 Å². The van der Waals surface area contributed by atoms with E-state index >= 15 is 0 Å².